The quantitative estimate of drug-likeness (QED) is 0.736. The standard InChI is InChI=1S/C21H21ClN4O2/c1-14-5-7-18(8-6-14)26-19(23-24-21(26)28)15-9-11-25(12-10-15)20(27)16-3-2-4-17(22)13-16/h2-8,13,15H,9-12H2,1H3,(H,24,28). The molecule has 0 aliphatic carbocycles. The average molecular weight is 397 g/mol. The number of carbonyl (C=O) groups is 1. The van der Waals surface area contributed by atoms with Gasteiger partial charge in [0.15, 0.2) is 0 Å². The van der Waals surface area contributed by atoms with E-state index in [1.54, 1.807) is 28.8 Å². The van der Waals surface area contributed by atoms with Gasteiger partial charge in [-0.05, 0) is 50.1 Å². The van der Waals surface area contributed by atoms with Gasteiger partial charge in [0.1, 0.15) is 5.82 Å². The molecule has 1 aromatic heterocycles. The Morgan fingerprint density at radius 3 is 2.54 bits per heavy atom. The highest BCUT2D eigenvalue weighted by atomic mass is 35.5. The van der Waals surface area contributed by atoms with Crippen molar-refractivity contribution in [2.75, 3.05) is 13.1 Å². The molecule has 0 unspecified atom stereocenters. The van der Waals surface area contributed by atoms with E-state index in [1.807, 2.05) is 36.1 Å². The third-order valence-electron chi connectivity index (χ3n) is 5.21. The molecule has 1 saturated heterocycles. The molecule has 4 rings (SSSR count). The maximum Gasteiger partial charge on any atom is 0.347 e. The molecule has 2 aromatic carbocycles. The molecule has 1 aliphatic heterocycles. The number of nitrogens with zero attached hydrogens (tertiary/aromatic N) is 3. The highest BCUT2D eigenvalue weighted by molar-refractivity contribution is 6.30. The molecule has 0 radical (unpaired) electrons. The smallest absolute Gasteiger partial charge is 0.339 e. The van der Waals surface area contributed by atoms with Gasteiger partial charge in [0.2, 0.25) is 0 Å². The summed E-state index contributed by atoms with van der Waals surface area (Å²) in [6.45, 7) is 3.24. The summed E-state index contributed by atoms with van der Waals surface area (Å²) in [6, 6.07) is 14.8. The predicted molar refractivity (Wildman–Crippen MR) is 108 cm³/mol. The lowest BCUT2D eigenvalue weighted by atomic mass is 9.95. The highest BCUT2D eigenvalue weighted by Gasteiger charge is 2.28. The van der Waals surface area contributed by atoms with Gasteiger partial charge in [0, 0.05) is 29.6 Å². The van der Waals surface area contributed by atoms with Crippen molar-refractivity contribution in [3.8, 4) is 5.69 Å². The summed E-state index contributed by atoms with van der Waals surface area (Å²) in [7, 11) is 0. The lowest BCUT2D eigenvalue weighted by Gasteiger charge is -2.31. The van der Waals surface area contributed by atoms with E-state index < -0.39 is 0 Å². The molecule has 1 amide bonds. The monoisotopic (exact) mass is 396 g/mol. The second-order valence-corrected chi connectivity index (χ2v) is 7.57. The Bertz CT molecular complexity index is 1050. The molecule has 1 fully saturated rings. The van der Waals surface area contributed by atoms with Gasteiger partial charge >= 0.3 is 5.69 Å². The summed E-state index contributed by atoms with van der Waals surface area (Å²) < 4.78 is 1.64. The molecular formula is C21H21ClN4O2. The second-order valence-electron chi connectivity index (χ2n) is 7.13. The zero-order valence-corrected chi connectivity index (χ0v) is 16.3. The van der Waals surface area contributed by atoms with E-state index in [1.165, 1.54) is 0 Å². The first kappa shape index (κ1) is 18.5. The molecule has 6 nitrogen and oxygen atoms in total. The van der Waals surface area contributed by atoms with E-state index in [4.69, 9.17) is 11.6 Å². The van der Waals surface area contributed by atoms with Crippen molar-refractivity contribution in [3.05, 3.63) is 81.0 Å². The van der Waals surface area contributed by atoms with Crippen molar-refractivity contribution in [2.45, 2.75) is 25.7 Å². The lowest BCUT2D eigenvalue weighted by molar-refractivity contribution is 0.0710. The minimum atomic E-state index is -0.240. The third kappa shape index (κ3) is 3.60. The van der Waals surface area contributed by atoms with Crippen molar-refractivity contribution >= 4 is 17.5 Å². The number of hydrogen-bond acceptors (Lipinski definition) is 3. The zero-order valence-electron chi connectivity index (χ0n) is 15.6. The number of likely N-dealkylation sites (tertiary alicyclic amines) is 1. The highest BCUT2D eigenvalue weighted by Crippen LogP contribution is 2.28. The topological polar surface area (TPSA) is 71.0 Å². The van der Waals surface area contributed by atoms with Crippen LogP contribution in [-0.2, 0) is 0 Å². The van der Waals surface area contributed by atoms with E-state index >= 15 is 0 Å². The fourth-order valence-corrected chi connectivity index (χ4v) is 3.86. The van der Waals surface area contributed by atoms with Gasteiger partial charge in [0.05, 0.1) is 5.69 Å². The number of benzene rings is 2. The normalized spacial score (nSPS) is 15.0. The van der Waals surface area contributed by atoms with Crippen LogP contribution in [0.1, 0.15) is 40.5 Å². The number of carbonyl (C=O) groups excluding carboxylic acids is 1. The van der Waals surface area contributed by atoms with Gasteiger partial charge in [-0.25, -0.2) is 14.5 Å². The van der Waals surface area contributed by atoms with Crippen molar-refractivity contribution in [1.82, 2.24) is 19.7 Å². The van der Waals surface area contributed by atoms with Crippen LogP contribution in [0.15, 0.2) is 53.3 Å². The maximum absolute atomic E-state index is 12.7. The van der Waals surface area contributed by atoms with E-state index in [0.29, 0.717) is 23.7 Å². The largest absolute Gasteiger partial charge is 0.347 e. The molecule has 0 spiro atoms. The van der Waals surface area contributed by atoms with Crippen molar-refractivity contribution in [2.24, 2.45) is 0 Å². The predicted octanol–water partition coefficient (Wildman–Crippen LogP) is 3.54. The zero-order chi connectivity index (χ0) is 19.7. The van der Waals surface area contributed by atoms with Crippen LogP contribution in [0.2, 0.25) is 5.02 Å². The fraction of sp³-hybridized carbons (Fsp3) is 0.286. The van der Waals surface area contributed by atoms with Gasteiger partial charge in [-0.2, -0.15) is 5.10 Å². The fourth-order valence-electron chi connectivity index (χ4n) is 3.67. The van der Waals surface area contributed by atoms with Crippen LogP contribution in [0.5, 0.6) is 0 Å². The Morgan fingerprint density at radius 1 is 1.14 bits per heavy atom. The number of aryl methyl sites for hydroxylation is 1. The van der Waals surface area contributed by atoms with E-state index in [-0.39, 0.29) is 17.5 Å². The van der Waals surface area contributed by atoms with Crippen LogP contribution < -0.4 is 5.69 Å². The number of hydrogen-bond donors (Lipinski definition) is 1. The third-order valence-corrected chi connectivity index (χ3v) is 5.44. The molecule has 1 N–H and O–H groups in total. The molecule has 0 bridgehead atoms. The Balaban J connectivity index is 1.51. The molecule has 2 heterocycles. The summed E-state index contributed by atoms with van der Waals surface area (Å²) in [4.78, 5) is 26.9. The van der Waals surface area contributed by atoms with Crippen LogP contribution in [0.3, 0.4) is 0 Å². The summed E-state index contributed by atoms with van der Waals surface area (Å²) in [6.07, 6.45) is 1.50. The van der Waals surface area contributed by atoms with E-state index in [2.05, 4.69) is 10.2 Å². The molecule has 7 heteroatoms. The van der Waals surface area contributed by atoms with Crippen molar-refractivity contribution in [3.63, 3.8) is 0 Å². The number of amides is 1. The van der Waals surface area contributed by atoms with Crippen LogP contribution in [-0.4, -0.2) is 38.7 Å². The van der Waals surface area contributed by atoms with Gasteiger partial charge in [-0.15, -0.1) is 0 Å². The van der Waals surface area contributed by atoms with Crippen molar-refractivity contribution in [1.29, 1.82) is 0 Å². The number of halogens is 1. The van der Waals surface area contributed by atoms with Crippen LogP contribution in [0.25, 0.3) is 5.69 Å². The number of aromatic amines is 1. The molecule has 28 heavy (non-hydrogen) atoms. The van der Waals surface area contributed by atoms with Gasteiger partial charge in [-0.1, -0.05) is 35.4 Å². The molecule has 3 aromatic rings. The first-order chi connectivity index (χ1) is 13.5. The van der Waals surface area contributed by atoms with Crippen LogP contribution in [0.4, 0.5) is 0 Å². The molecule has 0 atom stereocenters. The summed E-state index contributed by atoms with van der Waals surface area (Å²) in [5.41, 5.74) is 2.30. The van der Waals surface area contributed by atoms with Crippen LogP contribution in [0, 0.1) is 6.92 Å². The summed E-state index contributed by atoms with van der Waals surface area (Å²) in [5.74, 6) is 0.825. The number of H-pyrrole nitrogens is 1. The minimum absolute atomic E-state index is 0.0149. The molecule has 144 valence electrons. The summed E-state index contributed by atoms with van der Waals surface area (Å²) in [5, 5.41) is 7.41. The number of piperidine rings is 1. The average Bonchev–Trinajstić information content (AvgIpc) is 3.09. The molecule has 1 aliphatic rings. The number of aromatic nitrogens is 3. The minimum Gasteiger partial charge on any atom is -0.339 e. The van der Waals surface area contributed by atoms with Crippen LogP contribution >= 0.6 is 11.6 Å². The Morgan fingerprint density at radius 2 is 1.86 bits per heavy atom. The SMILES string of the molecule is Cc1ccc(-n2c(C3CCN(C(=O)c4cccc(Cl)c4)CC3)n[nH]c2=O)cc1. The lowest BCUT2D eigenvalue weighted by Crippen LogP contribution is -2.38. The van der Waals surface area contributed by atoms with Gasteiger partial charge in [0.25, 0.3) is 5.91 Å². The maximum atomic E-state index is 12.7. The van der Waals surface area contributed by atoms with E-state index in [0.717, 1.165) is 29.9 Å². The molecule has 0 saturated carbocycles. The van der Waals surface area contributed by atoms with Crippen molar-refractivity contribution < 1.29 is 4.79 Å². The first-order valence-electron chi connectivity index (χ1n) is 9.32. The molecular weight excluding hydrogens is 376 g/mol. The summed E-state index contributed by atoms with van der Waals surface area (Å²) >= 11 is 6.00. The van der Waals surface area contributed by atoms with Gasteiger partial charge < -0.3 is 4.90 Å². The Hall–Kier alpha value is -2.86. The number of nitrogens with one attached hydrogen (secondary N) is 1. The van der Waals surface area contributed by atoms with E-state index in [9.17, 15) is 9.59 Å². The second kappa shape index (κ2) is 7.64. The Kier molecular flexibility index (Phi) is 5.05. The Labute approximate surface area is 167 Å². The first-order valence-corrected chi connectivity index (χ1v) is 9.70. The number of rotatable bonds is 3. The van der Waals surface area contributed by atoms with Gasteiger partial charge in [-0.3, -0.25) is 4.79 Å².